The molecule has 186 valence electrons. The number of rotatable bonds is 8. The number of benzene rings is 3. The third-order valence-corrected chi connectivity index (χ3v) is 6.34. The van der Waals surface area contributed by atoms with Crippen molar-refractivity contribution in [3.05, 3.63) is 95.6 Å². The largest absolute Gasteiger partial charge is 0.376 e. The van der Waals surface area contributed by atoms with Crippen LogP contribution < -0.4 is 16.0 Å². The summed E-state index contributed by atoms with van der Waals surface area (Å²) in [6.07, 6.45) is 2.04. The van der Waals surface area contributed by atoms with Gasteiger partial charge in [-0.05, 0) is 60.7 Å². The summed E-state index contributed by atoms with van der Waals surface area (Å²) in [6.45, 7) is 4.21. The van der Waals surface area contributed by atoms with E-state index in [9.17, 15) is 14.4 Å². The number of carbonyl (C=O) groups is 3. The van der Waals surface area contributed by atoms with Crippen LogP contribution in [-0.4, -0.2) is 42.3 Å². The molecule has 1 fully saturated rings. The molecule has 3 aromatic rings. The van der Waals surface area contributed by atoms with Gasteiger partial charge in [0, 0.05) is 42.1 Å². The number of likely N-dealkylation sites (tertiary alicyclic amines) is 1. The fourth-order valence-corrected chi connectivity index (χ4v) is 4.16. The molecule has 0 saturated carbocycles. The molecule has 36 heavy (non-hydrogen) atoms. The van der Waals surface area contributed by atoms with Crippen molar-refractivity contribution < 1.29 is 14.4 Å². The average Bonchev–Trinajstić information content (AvgIpc) is 2.91. The molecular weight excluding hydrogens is 452 g/mol. The molecule has 1 aliphatic heterocycles. The quantitative estimate of drug-likeness (QED) is 0.438. The molecule has 1 heterocycles. The van der Waals surface area contributed by atoms with Crippen LogP contribution in [0, 0.1) is 5.92 Å². The highest BCUT2D eigenvalue weighted by molar-refractivity contribution is 5.98. The maximum atomic E-state index is 12.8. The van der Waals surface area contributed by atoms with Gasteiger partial charge in [-0.1, -0.05) is 49.4 Å². The van der Waals surface area contributed by atoms with Crippen LogP contribution in [0.15, 0.2) is 78.9 Å². The van der Waals surface area contributed by atoms with E-state index in [1.165, 1.54) is 0 Å². The van der Waals surface area contributed by atoms with Crippen LogP contribution in [0.25, 0.3) is 0 Å². The molecule has 7 heteroatoms. The predicted molar refractivity (Wildman–Crippen MR) is 142 cm³/mol. The first-order valence-electron chi connectivity index (χ1n) is 12.3. The Bertz CT molecular complexity index is 1200. The molecule has 0 aliphatic carbocycles. The minimum Gasteiger partial charge on any atom is -0.376 e. The minimum absolute atomic E-state index is 0.00141. The Hall–Kier alpha value is -4.13. The Kier molecular flexibility index (Phi) is 8.34. The Balaban J connectivity index is 1.28. The van der Waals surface area contributed by atoms with Crippen molar-refractivity contribution >= 4 is 29.1 Å². The molecule has 3 amide bonds. The van der Waals surface area contributed by atoms with E-state index in [0.29, 0.717) is 35.0 Å². The van der Waals surface area contributed by atoms with E-state index in [1.54, 1.807) is 48.5 Å². The summed E-state index contributed by atoms with van der Waals surface area (Å²) in [7, 11) is 0. The highest BCUT2D eigenvalue weighted by Gasteiger charge is 2.21. The third-order valence-electron chi connectivity index (χ3n) is 6.34. The van der Waals surface area contributed by atoms with Crippen LogP contribution in [-0.2, 0) is 11.3 Å². The molecule has 0 atom stereocenters. The SMILES string of the molecule is CC1CCN(C(=O)c2cccc(NC(=O)CNc3cccc(C(=O)NCc4ccccc4)c3)c2)CC1. The number of amides is 3. The first-order chi connectivity index (χ1) is 17.5. The summed E-state index contributed by atoms with van der Waals surface area (Å²) in [5.41, 5.74) is 3.35. The van der Waals surface area contributed by atoms with E-state index in [-0.39, 0.29) is 24.3 Å². The summed E-state index contributed by atoms with van der Waals surface area (Å²) >= 11 is 0. The predicted octanol–water partition coefficient (Wildman–Crippen LogP) is 4.54. The van der Waals surface area contributed by atoms with Crippen molar-refractivity contribution in [1.29, 1.82) is 0 Å². The van der Waals surface area contributed by atoms with Crippen LogP contribution in [0.5, 0.6) is 0 Å². The number of piperidine rings is 1. The van der Waals surface area contributed by atoms with Crippen molar-refractivity contribution in [3.8, 4) is 0 Å². The lowest BCUT2D eigenvalue weighted by Gasteiger charge is -2.30. The maximum absolute atomic E-state index is 12.8. The molecular formula is C29H32N4O3. The molecule has 3 aromatic carbocycles. The average molecular weight is 485 g/mol. The topological polar surface area (TPSA) is 90.5 Å². The number of carbonyl (C=O) groups excluding carboxylic acids is 3. The molecule has 0 bridgehead atoms. The molecule has 1 saturated heterocycles. The molecule has 4 rings (SSSR count). The first-order valence-corrected chi connectivity index (χ1v) is 12.3. The Morgan fingerprint density at radius 2 is 1.50 bits per heavy atom. The van der Waals surface area contributed by atoms with Gasteiger partial charge in [0.05, 0.1) is 6.54 Å². The van der Waals surface area contributed by atoms with E-state index in [0.717, 1.165) is 31.5 Å². The Morgan fingerprint density at radius 1 is 0.833 bits per heavy atom. The van der Waals surface area contributed by atoms with Gasteiger partial charge < -0.3 is 20.9 Å². The number of hydrogen-bond donors (Lipinski definition) is 3. The standard InChI is InChI=1S/C29H32N4O3/c1-21-13-15-33(16-14-21)29(36)24-10-6-12-26(18-24)32-27(34)20-30-25-11-5-9-23(17-25)28(35)31-19-22-7-3-2-4-8-22/h2-12,17-18,21,30H,13-16,19-20H2,1H3,(H,31,35)(H,32,34). The maximum Gasteiger partial charge on any atom is 0.253 e. The fourth-order valence-electron chi connectivity index (χ4n) is 4.16. The van der Waals surface area contributed by atoms with Crippen molar-refractivity contribution in [2.24, 2.45) is 5.92 Å². The molecule has 3 N–H and O–H groups in total. The van der Waals surface area contributed by atoms with E-state index < -0.39 is 0 Å². The second-order valence-electron chi connectivity index (χ2n) is 9.21. The van der Waals surface area contributed by atoms with Gasteiger partial charge in [-0.2, -0.15) is 0 Å². The van der Waals surface area contributed by atoms with Gasteiger partial charge >= 0.3 is 0 Å². The van der Waals surface area contributed by atoms with Crippen molar-refractivity contribution in [2.75, 3.05) is 30.3 Å². The summed E-state index contributed by atoms with van der Waals surface area (Å²) in [6, 6.07) is 23.8. The van der Waals surface area contributed by atoms with Crippen LogP contribution in [0.2, 0.25) is 0 Å². The minimum atomic E-state index is -0.245. The molecule has 0 aromatic heterocycles. The van der Waals surface area contributed by atoms with Gasteiger partial charge in [0.15, 0.2) is 0 Å². The van der Waals surface area contributed by atoms with E-state index in [4.69, 9.17) is 0 Å². The molecule has 0 unspecified atom stereocenters. The third kappa shape index (κ3) is 6.95. The smallest absolute Gasteiger partial charge is 0.253 e. The summed E-state index contributed by atoms with van der Waals surface area (Å²) in [5, 5.41) is 8.80. The van der Waals surface area contributed by atoms with E-state index >= 15 is 0 Å². The lowest BCUT2D eigenvalue weighted by molar-refractivity contribution is -0.114. The highest BCUT2D eigenvalue weighted by Crippen LogP contribution is 2.20. The highest BCUT2D eigenvalue weighted by atomic mass is 16.2. The van der Waals surface area contributed by atoms with Crippen LogP contribution >= 0.6 is 0 Å². The lowest BCUT2D eigenvalue weighted by Crippen LogP contribution is -2.37. The normalized spacial score (nSPS) is 13.6. The van der Waals surface area contributed by atoms with Crippen molar-refractivity contribution in [1.82, 2.24) is 10.2 Å². The number of hydrogen-bond acceptors (Lipinski definition) is 4. The van der Waals surface area contributed by atoms with Gasteiger partial charge in [0.25, 0.3) is 11.8 Å². The van der Waals surface area contributed by atoms with Crippen molar-refractivity contribution in [3.63, 3.8) is 0 Å². The van der Waals surface area contributed by atoms with Crippen LogP contribution in [0.4, 0.5) is 11.4 Å². The zero-order valence-electron chi connectivity index (χ0n) is 20.5. The van der Waals surface area contributed by atoms with Crippen molar-refractivity contribution in [2.45, 2.75) is 26.3 Å². The van der Waals surface area contributed by atoms with Gasteiger partial charge in [0.2, 0.25) is 5.91 Å². The second kappa shape index (κ2) is 12.0. The van der Waals surface area contributed by atoms with Gasteiger partial charge in [-0.3, -0.25) is 14.4 Å². The number of anilines is 2. The first kappa shape index (κ1) is 25.0. The lowest BCUT2D eigenvalue weighted by atomic mass is 9.98. The van der Waals surface area contributed by atoms with Gasteiger partial charge in [-0.15, -0.1) is 0 Å². The fraction of sp³-hybridized carbons (Fsp3) is 0.276. The molecule has 0 radical (unpaired) electrons. The summed E-state index contributed by atoms with van der Waals surface area (Å²) in [4.78, 5) is 39.8. The number of nitrogens with zero attached hydrogens (tertiary/aromatic N) is 1. The zero-order valence-corrected chi connectivity index (χ0v) is 20.5. The molecule has 1 aliphatic rings. The van der Waals surface area contributed by atoms with E-state index in [1.807, 2.05) is 35.2 Å². The zero-order chi connectivity index (χ0) is 25.3. The van der Waals surface area contributed by atoms with Crippen LogP contribution in [0.3, 0.4) is 0 Å². The Labute approximate surface area is 211 Å². The molecule has 7 nitrogen and oxygen atoms in total. The van der Waals surface area contributed by atoms with Crippen LogP contribution in [0.1, 0.15) is 46.0 Å². The molecule has 0 spiro atoms. The monoisotopic (exact) mass is 484 g/mol. The van der Waals surface area contributed by atoms with E-state index in [2.05, 4.69) is 22.9 Å². The number of nitrogens with one attached hydrogen (secondary N) is 3. The van der Waals surface area contributed by atoms with Gasteiger partial charge in [-0.25, -0.2) is 0 Å². The Morgan fingerprint density at radius 3 is 2.25 bits per heavy atom. The van der Waals surface area contributed by atoms with Gasteiger partial charge in [0.1, 0.15) is 0 Å². The second-order valence-corrected chi connectivity index (χ2v) is 9.21. The summed E-state index contributed by atoms with van der Waals surface area (Å²) < 4.78 is 0. The summed E-state index contributed by atoms with van der Waals surface area (Å²) in [5.74, 6) is 0.219.